The average Bonchev–Trinajstić information content (AvgIpc) is 2.51. The van der Waals surface area contributed by atoms with Gasteiger partial charge in [0.05, 0.1) is 0 Å². The topological polar surface area (TPSA) is 64.6 Å². The lowest BCUT2D eigenvalue weighted by molar-refractivity contribution is -0.129. The molecule has 7 heteroatoms. The van der Waals surface area contributed by atoms with Crippen LogP contribution in [0.5, 0.6) is 0 Å². The highest BCUT2D eigenvalue weighted by molar-refractivity contribution is 5.73. The van der Waals surface area contributed by atoms with Crippen molar-refractivity contribution in [1.29, 1.82) is 0 Å². The van der Waals surface area contributed by atoms with Gasteiger partial charge in [-0.2, -0.15) is 0 Å². The number of nitrogens with one attached hydrogen (secondary N) is 1. The van der Waals surface area contributed by atoms with Crippen molar-refractivity contribution in [3.8, 4) is 0 Å². The molecule has 0 bridgehead atoms. The third kappa shape index (κ3) is 5.35. The summed E-state index contributed by atoms with van der Waals surface area (Å²) in [6, 6.07) is 2.01. The molecule has 1 aliphatic heterocycles. The number of amides is 1. The van der Waals surface area contributed by atoms with E-state index in [2.05, 4.69) is 39.2 Å². The molecule has 2 rings (SSSR count). The molecule has 128 valence electrons. The Labute approximate surface area is 138 Å². The minimum Gasteiger partial charge on any atom is -0.370 e. The molecule has 1 N–H and O–H groups in total. The molecule has 1 fully saturated rings. The Kier molecular flexibility index (Phi) is 6.15. The Morgan fingerprint density at radius 1 is 1.26 bits per heavy atom. The van der Waals surface area contributed by atoms with E-state index in [1.807, 2.05) is 17.9 Å². The Hall–Kier alpha value is -1.89. The molecule has 1 aromatic heterocycles. The first-order valence-corrected chi connectivity index (χ1v) is 8.20. The van der Waals surface area contributed by atoms with E-state index in [1.54, 1.807) is 6.92 Å². The number of rotatable bonds is 6. The monoisotopic (exact) mass is 320 g/mol. The summed E-state index contributed by atoms with van der Waals surface area (Å²) in [6.07, 6.45) is 1.07. The number of piperazine rings is 1. The van der Waals surface area contributed by atoms with Gasteiger partial charge in [0.2, 0.25) is 5.91 Å². The summed E-state index contributed by atoms with van der Waals surface area (Å²) in [7, 11) is 4.15. The minimum atomic E-state index is 0.145. The molecule has 1 aromatic rings. The van der Waals surface area contributed by atoms with Gasteiger partial charge in [0.15, 0.2) is 0 Å². The van der Waals surface area contributed by atoms with Crippen molar-refractivity contribution in [3.05, 3.63) is 11.9 Å². The van der Waals surface area contributed by atoms with Crippen molar-refractivity contribution in [2.45, 2.75) is 20.3 Å². The van der Waals surface area contributed by atoms with Crippen molar-refractivity contribution >= 4 is 17.5 Å². The number of aryl methyl sites for hydroxylation is 1. The molecule has 2 heterocycles. The molecule has 7 nitrogen and oxygen atoms in total. The Morgan fingerprint density at radius 2 is 1.96 bits per heavy atom. The number of carbonyl (C=O) groups excluding carboxylic acids is 1. The lowest BCUT2D eigenvalue weighted by atomic mass is 10.3. The van der Waals surface area contributed by atoms with Crippen LogP contribution in [-0.4, -0.2) is 79.0 Å². The van der Waals surface area contributed by atoms with E-state index in [0.29, 0.717) is 0 Å². The van der Waals surface area contributed by atoms with E-state index >= 15 is 0 Å². The SMILES string of the molecule is CC(=O)N1CCN(c2cc(NCCCN(C)C)nc(C)n2)CC1. The van der Waals surface area contributed by atoms with Gasteiger partial charge in [-0.3, -0.25) is 4.79 Å². The van der Waals surface area contributed by atoms with Crippen LogP contribution in [0.2, 0.25) is 0 Å². The van der Waals surface area contributed by atoms with Crippen LogP contribution in [0.1, 0.15) is 19.2 Å². The highest BCUT2D eigenvalue weighted by atomic mass is 16.2. The Morgan fingerprint density at radius 3 is 2.57 bits per heavy atom. The van der Waals surface area contributed by atoms with E-state index in [-0.39, 0.29) is 5.91 Å². The third-order valence-corrected chi connectivity index (χ3v) is 3.96. The second-order valence-corrected chi connectivity index (χ2v) is 6.24. The van der Waals surface area contributed by atoms with Crippen LogP contribution >= 0.6 is 0 Å². The van der Waals surface area contributed by atoms with Gasteiger partial charge in [-0.1, -0.05) is 0 Å². The fraction of sp³-hybridized carbons (Fsp3) is 0.688. The van der Waals surface area contributed by atoms with E-state index in [0.717, 1.165) is 63.1 Å². The van der Waals surface area contributed by atoms with E-state index in [9.17, 15) is 4.79 Å². The lowest BCUT2D eigenvalue weighted by Gasteiger charge is -2.35. The van der Waals surface area contributed by atoms with E-state index in [1.165, 1.54) is 0 Å². The standard InChI is InChI=1S/C16H28N6O/c1-13-18-15(17-6-5-7-20(3)4)12-16(19-13)22-10-8-21(9-11-22)14(2)23/h12H,5-11H2,1-4H3,(H,17,18,19). The molecule has 0 saturated carbocycles. The third-order valence-electron chi connectivity index (χ3n) is 3.96. The number of anilines is 2. The van der Waals surface area contributed by atoms with Gasteiger partial charge in [-0.15, -0.1) is 0 Å². The van der Waals surface area contributed by atoms with Crippen LogP contribution < -0.4 is 10.2 Å². The van der Waals surface area contributed by atoms with Gasteiger partial charge >= 0.3 is 0 Å². The molecule has 0 atom stereocenters. The molecule has 1 amide bonds. The molecule has 23 heavy (non-hydrogen) atoms. The van der Waals surface area contributed by atoms with Gasteiger partial charge in [-0.25, -0.2) is 9.97 Å². The highest BCUT2D eigenvalue weighted by Crippen LogP contribution is 2.17. The van der Waals surface area contributed by atoms with Crippen LogP contribution in [0.25, 0.3) is 0 Å². The molecule has 0 radical (unpaired) electrons. The predicted molar refractivity (Wildman–Crippen MR) is 92.9 cm³/mol. The smallest absolute Gasteiger partial charge is 0.219 e. The number of hydrogen-bond donors (Lipinski definition) is 1. The molecule has 0 aromatic carbocycles. The summed E-state index contributed by atoms with van der Waals surface area (Å²) >= 11 is 0. The molecular weight excluding hydrogens is 292 g/mol. The van der Waals surface area contributed by atoms with E-state index in [4.69, 9.17) is 0 Å². The van der Waals surface area contributed by atoms with Crippen LogP contribution in [0.4, 0.5) is 11.6 Å². The van der Waals surface area contributed by atoms with Gasteiger partial charge < -0.3 is 20.0 Å². The first-order chi connectivity index (χ1) is 11.0. The summed E-state index contributed by atoms with van der Waals surface area (Å²) < 4.78 is 0. The number of aromatic nitrogens is 2. The quantitative estimate of drug-likeness (QED) is 0.783. The normalized spacial score (nSPS) is 15.2. The first-order valence-electron chi connectivity index (χ1n) is 8.20. The molecule has 1 aliphatic rings. The maximum atomic E-state index is 11.4. The zero-order chi connectivity index (χ0) is 16.8. The van der Waals surface area contributed by atoms with Crippen molar-refractivity contribution < 1.29 is 4.79 Å². The summed E-state index contributed by atoms with van der Waals surface area (Å²) in [4.78, 5) is 26.7. The molecule has 1 saturated heterocycles. The number of hydrogen-bond acceptors (Lipinski definition) is 6. The van der Waals surface area contributed by atoms with E-state index < -0.39 is 0 Å². The second-order valence-electron chi connectivity index (χ2n) is 6.24. The van der Waals surface area contributed by atoms with Crippen LogP contribution in [0.15, 0.2) is 6.07 Å². The summed E-state index contributed by atoms with van der Waals surface area (Å²) in [5.74, 6) is 2.73. The zero-order valence-electron chi connectivity index (χ0n) is 14.7. The lowest BCUT2D eigenvalue weighted by Crippen LogP contribution is -2.48. The van der Waals surface area contributed by atoms with Gasteiger partial charge in [0.1, 0.15) is 17.5 Å². The fourth-order valence-electron chi connectivity index (χ4n) is 2.67. The maximum Gasteiger partial charge on any atom is 0.219 e. The molecule has 0 unspecified atom stereocenters. The average molecular weight is 320 g/mol. The summed E-state index contributed by atoms with van der Waals surface area (Å²) in [5, 5.41) is 3.38. The second kappa shape index (κ2) is 8.10. The van der Waals surface area contributed by atoms with Crippen LogP contribution in [-0.2, 0) is 4.79 Å². The molecule has 0 spiro atoms. The van der Waals surface area contributed by atoms with Gasteiger partial charge in [-0.05, 0) is 34.0 Å². The van der Waals surface area contributed by atoms with Crippen molar-refractivity contribution in [2.24, 2.45) is 0 Å². The Balaban J connectivity index is 1.93. The highest BCUT2D eigenvalue weighted by Gasteiger charge is 2.20. The Bertz CT molecular complexity index is 525. The zero-order valence-corrected chi connectivity index (χ0v) is 14.7. The fourth-order valence-corrected chi connectivity index (χ4v) is 2.67. The summed E-state index contributed by atoms with van der Waals surface area (Å²) in [5.41, 5.74) is 0. The van der Waals surface area contributed by atoms with Gasteiger partial charge in [0.25, 0.3) is 0 Å². The molecular formula is C16H28N6O. The number of nitrogens with zero attached hydrogens (tertiary/aromatic N) is 5. The predicted octanol–water partition coefficient (Wildman–Crippen LogP) is 0.817. The largest absolute Gasteiger partial charge is 0.370 e. The van der Waals surface area contributed by atoms with Gasteiger partial charge in [0, 0.05) is 45.7 Å². The van der Waals surface area contributed by atoms with Crippen molar-refractivity contribution in [3.63, 3.8) is 0 Å². The van der Waals surface area contributed by atoms with Crippen LogP contribution in [0.3, 0.4) is 0 Å². The maximum absolute atomic E-state index is 11.4. The van der Waals surface area contributed by atoms with Crippen molar-refractivity contribution in [1.82, 2.24) is 19.8 Å². The van der Waals surface area contributed by atoms with Crippen molar-refractivity contribution in [2.75, 3.05) is 63.6 Å². The minimum absolute atomic E-state index is 0.145. The molecule has 0 aliphatic carbocycles. The van der Waals surface area contributed by atoms with Crippen LogP contribution in [0, 0.1) is 6.92 Å². The first kappa shape index (κ1) is 17.5. The summed E-state index contributed by atoms with van der Waals surface area (Å²) in [6.45, 7) is 8.63. The number of carbonyl (C=O) groups is 1.